The minimum atomic E-state index is -0.886. The number of likely N-dealkylation sites (tertiary alicyclic amines) is 1. The van der Waals surface area contributed by atoms with Crippen LogP contribution < -0.4 is 22.1 Å². The first-order chi connectivity index (χ1) is 24.9. The van der Waals surface area contributed by atoms with E-state index >= 15 is 0 Å². The number of amides is 2. The molecule has 284 valence electrons. The molecule has 2 aromatic carbocycles. The zero-order valence-electron chi connectivity index (χ0n) is 30.9. The monoisotopic (exact) mass is 717 g/mol. The molecule has 7 N–H and O–H groups in total. The number of fused-ring (bicyclic) bond motifs is 2. The van der Waals surface area contributed by atoms with Crippen LogP contribution in [-0.4, -0.2) is 83.7 Å². The quantitative estimate of drug-likeness (QED) is 0.114. The van der Waals surface area contributed by atoms with Crippen LogP contribution in [0.3, 0.4) is 0 Å². The van der Waals surface area contributed by atoms with Gasteiger partial charge in [-0.1, -0.05) is 74.5 Å². The number of aliphatic carboxylic acids is 1. The summed E-state index contributed by atoms with van der Waals surface area (Å²) in [6, 6.07) is 16.5. The van der Waals surface area contributed by atoms with Crippen LogP contribution in [0.4, 0.5) is 0 Å². The maximum absolute atomic E-state index is 14.1. The highest BCUT2D eigenvalue weighted by molar-refractivity contribution is 5.95. The molecule has 11 heteroatoms. The highest BCUT2D eigenvalue weighted by Crippen LogP contribution is 2.44. The molecule has 2 fully saturated rings. The topological polar surface area (TPSA) is 185 Å². The molecule has 52 heavy (non-hydrogen) atoms. The molecule has 11 nitrogen and oxygen atoms in total. The van der Waals surface area contributed by atoms with Crippen molar-refractivity contribution in [1.82, 2.24) is 15.5 Å². The molecule has 2 aliphatic rings. The highest BCUT2D eigenvalue weighted by atomic mass is 16.4. The molecule has 0 spiro atoms. The number of piperidine rings is 1. The van der Waals surface area contributed by atoms with Crippen molar-refractivity contribution in [2.45, 2.75) is 96.2 Å². The number of hydrogen-bond acceptors (Lipinski definition) is 8. The molecule has 1 aliphatic heterocycles. The van der Waals surface area contributed by atoms with Crippen LogP contribution >= 0.6 is 0 Å². The minimum Gasteiger partial charge on any atom is -0.480 e. The summed E-state index contributed by atoms with van der Waals surface area (Å²) in [7, 11) is 0. The number of nitrogens with one attached hydrogen (secondary N) is 2. The van der Waals surface area contributed by atoms with E-state index in [2.05, 4.69) is 10.6 Å². The van der Waals surface area contributed by atoms with Crippen LogP contribution in [0.5, 0.6) is 0 Å². The van der Waals surface area contributed by atoms with Crippen LogP contribution in [0.1, 0.15) is 76.3 Å². The molecular formula is C41H59N5O6. The highest BCUT2D eigenvalue weighted by Gasteiger charge is 2.44. The van der Waals surface area contributed by atoms with E-state index < -0.39 is 35.9 Å². The van der Waals surface area contributed by atoms with Crippen molar-refractivity contribution in [1.29, 1.82) is 0 Å². The Hall–Kier alpha value is -3.93. The minimum absolute atomic E-state index is 0.0117. The largest absolute Gasteiger partial charge is 0.480 e. The maximum atomic E-state index is 14.1. The van der Waals surface area contributed by atoms with Crippen LogP contribution in [0.15, 0.2) is 60.7 Å². The van der Waals surface area contributed by atoms with Gasteiger partial charge in [-0.2, -0.15) is 0 Å². The lowest BCUT2D eigenvalue weighted by Crippen LogP contribution is -2.51. The lowest BCUT2D eigenvalue weighted by atomic mass is 9.80. The number of unbranched alkanes of at least 4 members (excludes halogenated alkanes) is 1. The lowest BCUT2D eigenvalue weighted by molar-refractivity contribution is -0.139. The number of rotatable bonds is 22. The number of nitrogens with zero attached hydrogens (tertiary/aromatic N) is 1. The average molecular weight is 718 g/mol. The SMILES string of the molecule is CC(C)CC(CC(=O)C(Cc1ccccc1)NC(=O)C(N)Cc1ccccc1)C(=O)NC(CCCCN)C(=O)CC1C2CCC1CN(CC(=O)O)C2. The predicted molar refractivity (Wildman–Crippen MR) is 201 cm³/mol. The molecule has 2 bridgehead atoms. The molecule has 2 aromatic rings. The van der Waals surface area contributed by atoms with Crippen LogP contribution in [0, 0.1) is 29.6 Å². The molecule has 6 atom stereocenters. The fourth-order valence-electron chi connectivity index (χ4n) is 8.13. The van der Waals surface area contributed by atoms with Gasteiger partial charge in [-0.25, -0.2) is 0 Å². The Morgan fingerprint density at radius 3 is 1.94 bits per heavy atom. The van der Waals surface area contributed by atoms with Gasteiger partial charge in [0.05, 0.1) is 24.7 Å². The van der Waals surface area contributed by atoms with Crippen molar-refractivity contribution in [3.8, 4) is 0 Å². The van der Waals surface area contributed by atoms with Gasteiger partial charge in [0, 0.05) is 31.8 Å². The summed E-state index contributed by atoms with van der Waals surface area (Å²) < 4.78 is 0. The van der Waals surface area contributed by atoms with Crippen molar-refractivity contribution in [2.75, 3.05) is 26.2 Å². The molecular weight excluding hydrogens is 658 g/mol. The third-order valence-corrected chi connectivity index (χ3v) is 10.7. The van der Waals surface area contributed by atoms with Crippen LogP contribution in [-0.2, 0) is 36.8 Å². The third-order valence-electron chi connectivity index (χ3n) is 10.7. The molecule has 1 heterocycles. The Bertz CT molecular complexity index is 1460. The zero-order valence-corrected chi connectivity index (χ0v) is 30.9. The van der Waals surface area contributed by atoms with Gasteiger partial charge < -0.3 is 27.2 Å². The second-order valence-corrected chi connectivity index (χ2v) is 15.4. The summed E-state index contributed by atoms with van der Waals surface area (Å²) in [5.74, 6) is -1.81. The third kappa shape index (κ3) is 12.6. The molecule has 0 radical (unpaired) electrons. The smallest absolute Gasteiger partial charge is 0.317 e. The number of Topliss-reactive ketones (excluding diaryl/α,β-unsaturated/α-hetero) is 2. The van der Waals surface area contributed by atoms with E-state index in [9.17, 15) is 29.1 Å². The van der Waals surface area contributed by atoms with E-state index in [4.69, 9.17) is 11.5 Å². The van der Waals surface area contributed by atoms with E-state index in [1.54, 1.807) is 0 Å². The molecule has 1 aliphatic carbocycles. The van der Waals surface area contributed by atoms with Gasteiger partial charge in [0.2, 0.25) is 11.8 Å². The van der Waals surface area contributed by atoms with E-state index in [0.717, 1.165) is 30.4 Å². The molecule has 1 saturated carbocycles. The molecule has 6 unspecified atom stereocenters. The zero-order chi connectivity index (χ0) is 37.6. The standard InChI is InChI=1S/C41H59N5O6/c1-27(2)19-32(22-37(47)36(21-29-13-7-4-8-14-29)45-41(52)34(43)20-28-11-5-3-6-12-28)40(51)44-35(15-9-10-18-42)38(48)23-33-30-16-17-31(33)25-46(24-30)26-39(49)50/h3-8,11-14,27,30-36H,9-10,15-26,42-43H2,1-2H3,(H,44,51)(H,45,52)(H,49,50). The van der Waals surface area contributed by atoms with Gasteiger partial charge in [0.1, 0.15) is 0 Å². The van der Waals surface area contributed by atoms with Crippen molar-refractivity contribution in [3.63, 3.8) is 0 Å². The van der Waals surface area contributed by atoms with E-state index in [0.29, 0.717) is 51.7 Å². The van der Waals surface area contributed by atoms with Crippen LogP contribution in [0.2, 0.25) is 0 Å². The summed E-state index contributed by atoms with van der Waals surface area (Å²) >= 11 is 0. The summed E-state index contributed by atoms with van der Waals surface area (Å²) in [5.41, 5.74) is 13.9. The summed E-state index contributed by atoms with van der Waals surface area (Å²) in [6.07, 6.45) is 5.07. The number of carboxylic acid groups (broad SMARTS) is 1. The Kier molecular flexibility index (Phi) is 16.0. The lowest BCUT2D eigenvalue weighted by Gasteiger charge is -2.37. The van der Waals surface area contributed by atoms with Gasteiger partial charge in [0.15, 0.2) is 11.6 Å². The number of carboxylic acids is 1. The second kappa shape index (κ2) is 20.3. The van der Waals surface area contributed by atoms with Crippen molar-refractivity contribution in [3.05, 3.63) is 71.8 Å². The molecule has 4 rings (SSSR count). The normalized spacial score (nSPS) is 20.8. The van der Waals surface area contributed by atoms with Gasteiger partial charge >= 0.3 is 5.97 Å². The number of hydrogen-bond donors (Lipinski definition) is 5. The van der Waals surface area contributed by atoms with Crippen molar-refractivity contribution >= 4 is 29.4 Å². The summed E-state index contributed by atoms with van der Waals surface area (Å²) in [5, 5.41) is 15.3. The Morgan fingerprint density at radius 2 is 1.38 bits per heavy atom. The maximum Gasteiger partial charge on any atom is 0.317 e. The number of carbonyl (C=O) groups excluding carboxylic acids is 4. The van der Waals surface area contributed by atoms with E-state index in [1.165, 1.54) is 0 Å². The molecule has 1 saturated heterocycles. The van der Waals surface area contributed by atoms with Gasteiger partial charge in [-0.05, 0) is 92.7 Å². The van der Waals surface area contributed by atoms with Crippen LogP contribution in [0.25, 0.3) is 0 Å². The number of ketones is 2. The van der Waals surface area contributed by atoms with E-state index in [-0.39, 0.29) is 60.5 Å². The molecule has 2 amide bonds. The first kappa shape index (κ1) is 40.8. The van der Waals surface area contributed by atoms with Crippen molar-refractivity contribution in [2.24, 2.45) is 41.1 Å². The Balaban J connectivity index is 1.46. The first-order valence-electron chi connectivity index (χ1n) is 19.1. The Morgan fingerprint density at radius 1 is 0.808 bits per heavy atom. The predicted octanol–water partition coefficient (Wildman–Crippen LogP) is 3.52. The van der Waals surface area contributed by atoms with Crippen molar-refractivity contribution < 1.29 is 29.1 Å². The Labute approximate surface area is 308 Å². The van der Waals surface area contributed by atoms with Gasteiger partial charge in [-0.3, -0.25) is 28.9 Å². The fraction of sp³-hybridized carbons (Fsp3) is 0.585. The van der Waals surface area contributed by atoms with Gasteiger partial charge in [0.25, 0.3) is 0 Å². The number of nitrogens with two attached hydrogens (primary N) is 2. The molecule has 0 aromatic heterocycles. The van der Waals surface area contributed by atoms with E-state index in [1.807, 2.05) is 79.4 Å². The fourth-order valence-corrected chi connectivity index (χ4v) is 8.13. The number of benzene rings is 2. The first-order valence-corrected chi connectivity index (χ1v) is 19.1. The number of carbonyl (C=O) groups is 5. The second-order valence-electron chi connectivity index (χ2n) is 15.4. The summed E-state index contributed by atoms with van der Waals surface area (Å²) in [6.45, 7) is 5.81. The summed E-state index contributed by atoms with van der Waals surface area (Å²) in [4.78, 5) is 68.7. The average Bonchev–Trinajstić information content (AvgIpc) is 3.33. The van der Waals surface area contributed by atoms with Gasteiger partial charge in [-0.15, -0.1) is 0 Å².